The summed E-state index contributed by atoms with van der Waals surface area (Å²) in [5.41, 5.74) is 3.27. The quantitative estimate of drug-likeness (QED) is 0.0472. The standard InChI is InChI=1S/C51H50Cl2F2N4O9S/c52-41-27-57(63)28-42(53)40(41)25-44(36-14-15-43(67-50(54)55)45(24-36)65-30-32-12-13-32)66-49(61)48-58(20-21-69-48)47(60)37-8-4-7-34(22-37)31-64-39-11-5-6-33(23-39)26-59(38-9-2-1-3-10-38)51(62)68-46-29-56-18-16-35(46)17-19-56/h1-11,14-15,22-24,27-28,32,35,44,46,48,50H,12-13,16-21,25-26,29-31H2/t44-,46-,48-/m0/s1. The summed E-state index contributed by atoms with van der Waals surface area (Å²) in [6.45, 7) is 0.671. The second-order valence-corrected chi connectivity index (χ2v) is 19.6. The lowest BCUT2D eigenvalue weighted by Crippen LogP contribution is -2.53. The van der Waals surface area contributed by atoms with E-state index in [9.17, 15) is 28.4 Å². The van der Waals surface area contributed by atoms with E-state index in [1.165, 1.54) is 34.9 Å². The fourth-order valence-corrected chi connectivity index (χ4v) is 10.6. The zero-order valence-electron chi connectivity index (χ0n) is 37.4. The molecular formula is C51H50Cl2F2N4O9S. The summed E-state index contributed by atoms with van der Waals surface area (Å²) in [4.78, 5) is 47.6. The number of rotatable bonds is 18. The number of amides is 2. The summed E-state index contributed by atoms with van der Waals surface area (Å²) >= 11 is 14.2. The van der Waals surface area contributed by atoms with Crippen molar-refractivity contribution in [2.75, 3.05) is 43.4 Å². The second-order valence-electron chi connectivity index (χ2n) is 17.6. The van der Waals surface area contributed by atoms with Crippen LogP contribution in [0.1, 0.15) is 64.4 Å². The number of ether oxygens (including phenoxy) is 5. The van der Waals surface area contributed by atoms with E-state index in [-0.39, 0.29) is 66.3 Å². The average molecular weight is 1000 g/mol. The number of esters is 1. The Morgan fingerprint density at radius 1 is 0.841 bits per heavy atom. The predicted octanol–water partition coefficient (Wildman–Crippen LogP) is 9.88. The summed E-state index contributed by atoms with van der Waals surface area (Å²) in [6, 6.07) is 28.2. The molecule has 1 aliphatic carbocycles. The van der Waals surface area contributed by atoms with Crippen molar-refractivity contribution in [3.05, 3.63) is 153 Å². The highest BCUT2D eigenvalue weighted by Crippen LogP contribution is 2.39. The molecule has 362 valence electrons. The number of para-hydroxylation sites is 1. The first-order chi connectivity index (χ1) is 33.4. The molecule has 1 saturated carbocycles. The number of alkyl halides is 2. The molecule has 2 amide bonds. The van der Waals surface area contributed by atoms with Gasteiger partial charge >= 0.3 is 18.7 Å². The van der Waals surface area contributed by atoms with E-state index >= 15 is 0 Å². The highest BCUT2D eigenvalue weighted by Gasteiger charge is 2.40. The number of piperidine rings is 3. The van der Waals surface area contributed by atoms with E-state index in [0.717, 1.165) is 69.0 Å². The molecule has 0 unspecified atom stereocenters. The molecule has 0 N–H and O–H groups in total. The van der Waals surface area contributed by atoms with Crippen LogP contribution in [0.25, 0.3) is 0 Å². The lowest BCUT2D eigenvalue weighted by atomic mass is 9.86. The third-order valence-corrected chi connectivity index (χ3v) is 14.6. The van der Waals surface area contributed by atoms with Gasteiger partial charge in [0.25, 0.3) is 5.91 Å². The second kappa shape index (κ2) is 21.9. The number of benzene rings is 4. The first kappa shape index (κ1) is 48.2. The minimum absolute atomic E-state index is 0.0244. The fourth-order valence-electron chi connectivity index (χ4n) is 8.88. The molecule has 2 bridgehead atoms. The molecule has 1 aromatic heterocycles. The molecule has 4 aliphatic heterocycles. The van der Waals surface area contributed by atoms with Crippen LogP contribution in [0.4, 0.5) is 19.3 Å². The van der Waals surface area contributed by atoms with E-state index in [2.05, 4.69) is 4.90 Å². The largest absolute Gasteiger partial charge is 0.619 e. The maximum Gasteiger partial charge on any atom is 0.414 e. The van der Waals surface area contributed by atoms with Crippen LogP contribution in [0.2, 0.25) is 10.0 Å². The van der Waals surface area contributed by atoms with Gasteiger partial charge in [0.05, 0.1) is 13.2 Å². The smallest absolute Gasteiger partial charge is 0.414 e. The van der Waals surface area contributed by atoms with E-state index in [1.807, 2.05) is 60.7 Å². The highest BCUT2D eigenvalue weighted by atomic mass is 35.5. The molecule has 3 atom stereocenters. The third kappa shape index (κ3) is 12.1. The first-order valence-corrected chi connectivity index (χ1v) is 24.7. The molecule has 69 heavy (non-hydrogen) atoms. The molecule has 13 nitrogen and oxygen atoms in total. The van der Waals surface area contributed by atoms with Crippen molar-refractivity contribution in [1.29, 1.82) is 0 Å². The summed E-state index contributed by atoms with van der Waals surface area (Å²) in [6.07, 6.45) is 4.46. The number of fused-ring (bicyclic) bond motifs is 3. The zero-order valence-corrected chi connectivity index (χ0v) is 39.8. The van der Waals surface area contributed by atoms with E-state index in [1.54, 1.807) is 23.1 Å². The Labute approximate surface area is 412 Å². The van der Waals surface area contributed by atoms with Gasteiger partial charge in [-0.2, -0.15) is 13.5 Å². The lowest BCUT2D eigenvalue weighted by molar-refractivity contribution is -0.605. The van der Waals surface area contributed by atoms with Crippen molar-refractivity contribution < 1.29 is 51.6 Å². The number of hydrogen-bond acceptors (Lipinski definition) is 11. The highest BCUT2D eigenvalue weighted by molar-refractivity contribution is 8.00. The van der Waals surface area contributed by atoms with Gasteiger partial charge in [-0.05, 0) is 116 Å². The molecular weight excluding hydrogens is 954 g/mol. The van der Waals surface area contributed by atoms with Gasteiger partial charge < -0.3 is 33.8 Å². The molecule has 4 saturated heterocycles. The van der Waals surface area contributed by atoms with Crippen LogP contribution >= 0.6 is 35.0 Å². The third-order valence-electron chi connectivity index (χ3n) is 12.7. The number of pyridine rings is 1. The fraction of sp³-hybridized carbons (Fsp3) is 0.373. The van der Waals surface area contributed by atoms with Crippen LogP contribution < -0.4 is 23.8 Å². The Bertz CT molecular complexity index is 2620. The van der Waals surface area contributed by atoms with Gasteiger partial charge in [0.2, 0.25) is 0 Å². The van der Waals surface area contributed by atoms with Gasteiger partial charge in [-0.15, -0.1) is 11.8 Å². The Hall–Kier alpha value is -5.81. The summed E-state index contributed by atoms with van der Waals surface area (Å²) in [5.74, 6) is 0.408. The number of halogens is 4. The maximum absolute atomic E-state index is 14.2. The van der Waals surface area contributed by atoms with Crippen LogP contribution in [0.3, 0.4) is 0 Å². The van der Waals surface area contributed by atoms with Crippen molar-refractivity contribution in [3.8, 4) is 17.2 Å². The molecule has 18 heteroatoms. The normalized spacial score (nSPS) is 20.0. The van der Waals surface area contributed by atoms with Crippen molar-refractivity contribution in [3.63, 3.8) is 0 Å². The molecule has 5 fully saturated rings. The predicted molar refractivity (Wildman–Crippen MR) is 256 cm³/mol. The van der Waals surface area contributed by atoms with Crippen LogP contribution in [-0.4, -0.2) is 84.4 Å². The Balaban J connectivity index is 0.874. The number of carbonyl (C=O) groups excluding carboxylic acids is 3. The molecule has 5 aromatic rings. The number of nitrogens with zero attached hydrogens (tertiary/aromatic N) is 4. The Morgan fingerprint density at radius 2 is 1.59 bits per heavy atom. The van der Waals surface area contributed by atoms with Crippen molar-refractivity contribution in [2.24, 2.45) is 11.8 Å². The van der Waals surface area contributed by atoms with Gasteiger partial charge in [-0.3, -0.25) is 14.6 Å². The number of aromatic nitrogens is 1. The number of hydrogen-bond donors (Lipinski definition) is 0. The Morgan fingerprint density at radius 3 is 2.32 bits per heavy atom. The van der Waals surface area contributed by atoms with Gasteiger partial charge in [-0.25, -0.2) is 9.59 Å². The topological polar surface area (TPSA) is 134 Å². The molecule has 0 spiro atoms. The molecule has 5 heterocycles. The van der Waals surface area contributed by atoms with Crippen molar-refractivity contribution in [1.82, 2.24) is 9.80 Å². The molecule has 10 rings (SSSR count). The van der Waals surface area contributed by atoms with Gasteiger partial charge in [0.15, 0.2) is 29.3 Å². The minimum Gasteiger partial charge on any atom is -0.619 e. The maximum atomic E-state index is 14.2. The van der Waals surface area contributed by atoms with E-state index in [0.29, 0.717) is 44.4 Å². The molecule has 0 radical (unpaired) electrons. The minimum atomic E-state index is -3.11. The van der Waals surface area contributed by atoms with Crippen LogP contribution in [0, 0.1) is 17.0 Å². The van der Waals surface area contributed by atoms with Crippen LogP contribution in [0.15, 0.2) is 109 Å². The first-order valence-electron chi connectivity index (χ1n) is 22.9. The van der Waals surface area contributed by atoms with E-state index < -0.39 is 36.1 Å². The van der Waals surface area contributed by atoms with Crippen LogP contribution in [0.5, 0.6) is 17.2 Å². The summed E-state index contributed by atoms with van der Waals surface area (Å²) in [5, 5.41) is 11.1. The zero-order chi connectivity index (χ0) is 48.0. The Kier molecular flexibility index (Phi) is 15.3. The van der Waals surface area contributed by atoms with Crippen molar-refractivity contribution in [2.45, 2.75) is 69.4 Å². The van der Waals surface area contributed by atoms with Gasteiger partial charge in [-0.1, -0.05) is 71.7 Å². The van der Waals surface area contributed by atoms with Gasteiger partial charge in [0, 0.05) is 42.1 Å². The van der Waals surface area contributed by atoms with E-state index in [4.69, 9.17) is 46.9 Å². The monoisotopic (exact) mass is 1000 g/mol. The number of thioether (sulfide) groups is 1. The molecule has 5 aliphatic rings. The van der Waals surface area contributed by atoms with Crippen molar-refractivity contribution >= 4 is 58.6 Å². The summed E-state index contributed by atoms with van der Waals surface area (Å²) in [7, 11) is 0. The SMILES string of the molecule is O=C(O[C@@H](Cc1c(Cl)c[n+]([O-])cc1Cl)c1ccc(OC(F)F)c(OCC2CC2)c1)[C@@H]1SCCN1C(=O)c1cccc(COc2cccc(CN(C(=O)O[C@H]3CN4CCC3CC4)c3ccccc3)c2)c1. The van der Waals surface area contributed by atoms with Crippen LogP contribution in [-0.2, 0) is 33.8 Å². The lowest BCUT2D eigenvalue weighted by Gasteiger charge is -2.44. The number of anilines is 1. The summed E-state index contributed by atoms with van der Waals surface area (Å²) < 4.78 is 56.5. The molecule has 4 aromatic carbocycles. The average Bonchev–Trinajstić information content (AvgIpc) is 4.05. The number of carbonyl (C=O) groups is 3. The van der Waals surface area contributed by atoms with Gasteiger partial charge in [0.1, 0.15) is 34.6 Å².